The first-order valence-electron chi connectivity index (χ1n) is 11.4. The number of pyridine rings is 1. The van der Waals surface area contributed by atoms with E-state index < -0.39 is 17.7 Å². The highest BCUT2D eigenvalue weighted by molar-refractivity contribution is 6.31. The molecule has 0 aliphatic heterocycles. The van der Waals surface area contributed by atoms with Crippen LogP contribution in [0.1, 0.15) is 48.0 Å². The van der Waals surface area contributed by atoms with E-state index in [1.54, 1.807) is 70.5 Å². The van der Waals surface area contributed by atoms with Crippen LogP contribution in [0.15, 0.2) is 48.7 Å². The van der Waals surface area contributed by atoms with Crippen LogP contribution in [0.4, 0.5) is 10.5 Å². The smallest absolute Gasteiger partial charge is 0.415 e. The van der Waals surface area contributed by atoms with Gasteiger partial charge in [-0.25, -0.2) is 9.59 Å². The van der Waals surface area contributed by atoms with Crippen molar-refractivity contribution in [2.75, 3.05) is 19.1 Å². The Labute approximate surface area is 217 Å². The number of anilines is 1. The van der Waals surface area contributed by atoms with Gasteiger partial charge in [-0.1, -0.05) is 29.8 Å². The van der Waals surface area contributed by atoms with Gasteiger partial charge in [-0.2, -0.15) is 0 Å². The number of carbonyl (C=O) groups is 2. The molecule has 0 saturated heterocycles. The summed E-state index contributed by atoms with van der Waals surface area (Å²) < 4.78 is 16.2. The van der Waals surface area contributed by atoms with Gasteiger partial charge in [0, 0.05) is 28.0 Å². The lowest BCUT2D eigenvalue weighted by molar-refractivity contribution is 0.0573. The lowest BCUT2D eigenvalue weighted by Gasteiger charge is -2.28. The van der Waals surface area contributed by atoms with Crippen LogP contribution in [0, 0.1) is 13.8 Å². The van der Waals surface area contributed by atoms with Crippen LogP contribution in [-0.2, 0) is 16.0 Å². The van der Waals surface area contributed by atoms with Crippen LogP contribution in [0.3, 0.4) is 0 Å². The predicted octanol–water partition coefficient (Wildman–Crippen LogP) is 6.76. The zero-order valence-electron chi connectivity index (χ0n) is 21.6. The number of hydrogen-bond acceptors (Lipinski definition) is 6. The maximum atomic E-state index is 13.4. The SMILES string of the molecule is COC(=O)c1ccccc1-c1cc(Cl)cc(N(Cc2ncc(C)c(OC)c2C)C(=O)OC(C)(C)C)c1. The normalized spacial score (nSPS) is 11.1. The number of rotatable bonds is 6. The van der Waals surface area contributed by atoms with Crippen molar-refractivity contribution < 1.29 is 23.8 Å². The number of halogens is 1. The van der Waals surface area contributed by atoms with E-state index in [0.29, 0.717) is 38.8 Å². The Kier molecular flexibility index (Phi) is 8.25. The van der Waals surface area contributed by atoms with Gasteiger partial charge in [0.1, 0.15) is 11.4 Å². The maximum absolute atomic E-state index is 13.4. The van der Waals surface area contributed by atoms with Gasteiger partial charge in [0.25, 0.3) is 0 Å². The van der Waals surface area contributed by atoms with E-state index in [1.807, 2.05) is 19.9 Å². The molecule has 1 heterocycles. The van der Waals surface area contributed by atoms with Crippen molar-refractivity contribution in [3.05, 3.63) is 76.1 Å². The number of carbonyl (C=O) groups excluding carboxylic acids is 2. The number of ether oxygens (including phenoxy) is 3. The quantitative estimate of drug-likeness (QED) is 0.341. The van der Waals surface area contributed by atoms with Crippen LogP contribution in [0.2, 0.25) is 5.02 Å². The highest BCUT2D eigenvalue weighted by atomic mass is 35.5. The summed E-state index contributed by atoms with van der Waals surface area (Å²) in [6, 6.07) is 12.3. The highest BCUT2D eigenvalue weighted by Crippen LogP contribution is 2.34. The summed E-state index contributed by atoms with van der Waals surface area (Å²) in [5, 5.41) is 0.391. The van der Waals surface area contributed by atoms with Crippen molar-refractivity contribution in [3.63, 3.8) is 0 Å². The fourth-order valence-electron chi connectivity index (χ4n) is 3.87. The molecule has 0 atom stereocenters. The Bertz CT molecular complexity index is 1280. The number of methoxy groups -OCH3 is 2. The van der Waals surface area contributed by atoms with E-state index in [1.165, 1.54) is 12.0 Å². The molecule has 1 amide bonds. The van der Waals surface area contributed by atoms with Crippen LogP contribution in [-0.4, -0.2) is 36.9 Å². The van der Waals surface area contributed by atoms with E-state index in [0.717, 1.165) is 11.1 Å². The summed E-state index contributed by atoms with van der Waals surface area (Å²) in [7, 11) is 2.94. The Morgan fingerprint density at radius 1 is 1.06 bits per heavy atom. The average molecular weight is 511 g/mol. The van der Waals surface area contributed by atoms with E-state index in [-0.39, 0.29) is 6.54 Å². The Hall–Kier alpha value is -3.58. The van der Waals surface area contributed by atoms with E-state index in [9.17, 15) is 9.59 Å². The van der Waals surface area contributed by atoms with Crippen molar-refractivity contribution in [1.82, 2.24) is 4.98 Å². The third kappa shape index (κ3) is 6.15. The highest BCUT2D eigenvalue weighted by Gasteiger charge is 2.26. The molecule has 0 spiro atoms. The molecule has 36 heavy (non-hydrogen) atoms. The van der Waals surface area contributed by atoms with Gasteiger partial charge in [-0.15, -0.1) is 0 Å². The number of nitrogens with zero attached hydrogens (tertiary/aromatic N) is 2. The molecule has 2 aromatic carbocycles. The lowest BCUT2D eigenvalue weighted by atomic mass is 9.99. The van der Waals surface area contributed by atoms with Gasteiger partial charge in [0.15, 0.2) is 0 Å². The second-order valence-electron chi connectivity index (χ2n) is 9.35. The van der Waals surface area contributed by atoms with Crippen molar-refractivity contribution in [1.29, 1.82) is 0 Å². The largest absolute Gasteiger partial charge is 0.496 e. The predicted molar refractivity (Wildman–Crippen MR) is 141 cm³/mol. The van der Waals surface area contributed by atoms with E-state index in [4.69, 9.17) is 25.8 Å². The molecule has 0 saturated carbocycles. The molecule has 0 bridgehead atoms. The molecule has 1 aromatic heterocycles. The van der Waals surface area contributed by atoms with Crippen LogP contribution in [0.5, 0.6) is 5.75 Å². The Balaban J connectivity index is 2.15. The number of aromatic nitrogens is 1. The third-order valence-corrected chi connectivity index (χ3v) is 5.73. The second-order valence-corrected chi connectivity index (χ2v) is 9.78. The van der Waals surface area contributed by atoms with Crippen LogP contribution >= 0.6 is 11.6 Å². The standard InChI is InChI=1S/C28H31ClN2O5/c1-17-15-30-24(18(2)25(17)34-6)16-31(27(33)36-28(3,4)5)21-13-19(12-20(29)14-21)22-10-8-9-11-23(22)26(32)35-7/h8-15H,16H2,1-7H3. The number of hydrogen-bond donors (Lipinski definition) is 0. The summed E-state index contributed by atoms with van der Waals surface area (Å²) in [5.41, 5.74) is 3.81. The molecule has 0 unspecified atom stereocenters. The second kappa shape index (κ2) is 11.0. The third-order valence-electron chi connectivity index (χ3n) is 5.51. The van der Waals surface area contributed by atoms with Gasteiger partial charge >= 0.3 is 12.1 Å². The molecular weight excluding hydrogens is 480 g/mol. The minimum Gasteiger partial charge on any atom is -0.496 e. The zero-order chi connectivity index (χ0) is 26.6. The van der Waals surface area contributed by atoms with Crippen LogP contribution < -0.4 is 9.64 Å². The Morgan fingerprint density at radius 3 is 2.39 bits per heavy atom. The summed E-state index contributed by atoms with van der Waals surface area (Å²) in [6.45, 7) is 9.34. The lowest BCUT2D eigenvalue weighted by Crippen LogP contribution is -2.37. The summed E-state index contributed by atoms with van der Waals surface area (Å²) >= 11 is 6.52. The van der Waals surface area contributed by atoms with Crippen LogP contribution in [0.25, 0.3) is 11.1 Å². The zero-order valence-corrected chi connectivity index (χ0v) is 22.4. The van der Waals surface area contributed by atoms with Crippen molar-refractivity contribution in [3.8, 4) is 16.9 Å². The fourth-order valence-corrected chi connectivity index (χ4v) is 4.10. The number of benzene rings is 2. The molecule has 0 radical (unpaired) electrons. The number of amides is 1. The fraction of sp³-hybridized carbons (Fsp3) is 0.321. The molecule has 3 rings (SSSR count). The molecule has 0 N–H and O–H groups in total. The van der Waals surface area contributed by atoms with Gasteiger partial charge in [-0.3, -0.25) is 9.88 Å². The molecule has 3 aromatic rings. The van der Waals surface area contributed by atoms with Gasteiger partial charge in [0.05, 0.1) is 32.0 Å². The van der Waals surface area contributed by atoms with Gasteiger partial charge in [-0.05, 0) is 70.0 Å². The molecule has 0 aliphatic rings. The first-order chi connectivity index (χ1) is 16.9. The molecule has 190 valence electrons. The maximum Gasteiger partial charge on any atom is 0.415 e. The van der Waals surface area contributed by atoms with E-state index >= 15 is 0 Å². The molecular formula is C28H31ClN2O5. The van der Waals surface area contributed by atoms with Gasteiger partial charge in [0.2, 0.25) is 0 Å². The molecule has 0 fully saturated rings. The minimum atomic E-state index is -0.721. The van der Waals surface area contributed by atoms with Gasteiger partial charge < -0.3 is 14.2 Å². The van der Waals surface area contributed by atoms with Crippen molar-refractivity contribution in [2.45, 2.75) is 46.8 Å². The first-order valence-corrected chi connectivity index (χ1v) is 11.8. The molecule has 7 nitrogen and oxygen atoms in total. The average Bonchev–Trinajstić information content (AvgIpc) is 2.81. The summed E-state index contributed by atoms with van der Waals surface area (Å²) in [4.78, 5) is 31.8. The number of esters is 1. The monoisotopic (exact) mass is 510 g/mol. The van der Waals surface area contributed by atoms with E-state index in [2.05, 4.69) is 4.98 Å². The van der Waals surface area contributed by atoms with Crippen molar-refractivity contribution >= 4 is 29.4 Å². The van der Waals surface area contributed by atoms with Crippen molar-refractivity contribution in [2.24, 2.45) is 0 Å². The topological polar surface area (TPSA) is 78.0 Å². The first kappa shape index (κ1) is 27.0. The Morgan fingerprint density at radius 2 is 1.75 bits per heavy atom. The minimum absolute atomic E-state index is 0.121. The summed E-state index contributed by atoms with van der Waals surface area (Å²) in [6.07, 6.45) is 1.16. The molecule has 0 aliphatic carbocycles. The summed E-state index contributed by atoms with van der Waals surface area (Å²) in [5.74, 6) is 0.241. The number of aryl methyl sites for hydroxylation is 1. The molecule has 8 heteroatoms.